The number of nitrogens with zero attached hydrogens (tertiary/aromatic N) is 1. The van der Waals surface area contributed by atoms with Gasteiger partial charge in [-0.1, -0.05) is 6.07 Å². The Hall–Kier alpha value is -1.75. The van der Waals surface area contributed by atoms with Crippen molar-refractivity contribution in [3.05, 3.63) is 41.2 Å². The van der Waals surface area contributed by atoms with Crippen LogP contribution in [-0.4, -0.2) is 18.1 Å². The minimum Gasteiger partial charge on any atom is -0.465 e. The van der Waals surface area contributed by atoms with Gasteiger partial charge in [0.15, 0.2) is 0 Å². The summed E-state index contributed by atoms with van der Waals surface area (Å²) in [6.45, 7) is 0. The zero-order valence-electron chi connectivity index (χ0n) is 8.44. The zero-order chi connectivity index (χ0) is 11.5. The number of thiazole rings is 1. The topological polar surface area (TPSA) is 39.2 Å². The van der Waals surface area contributed by atoms with Gasteiger partial charge in [0, 0.05) is 11.6 Å². The van der Waals surface area contributed by atoms with Crippen LogP contribution in [0.25, 0.3) is 10.6 Å². The molecule has 0 saturated carbocycles. The van der Waals surface area contributed by atoms with E-state index >= 15 is 0 Å². The summed E-state index contributed by atoms with van der Waals surface area (Å²) in [4.78, 5) is 15.5. The smallest absolute Gasteiger partial charge is 0.338 e. The SMILES string of the molecule is COC(=O)c1cccc(F)c1-c1nccs1. The quantitative estimate of drug-likeness (QED) is 0.754. The number of halogens is 1. The van der Waals surface area contributed by atoms with Crippen molar-refractivity contribution in [1.29, 1.82) is 0 Å². The van der Waals surface area contributed by atoms with Crippen molar-refractivity contribution in [2.45, 2.75) is 0 Å². The zero-order valence-corrected chi connectivity index (χ0v) is 9.25. The molecule has 3 nitrogen and oxygen atoms in total. The van der Waals surface area contributed by atoms with Crippen molar-refractivity contribution in [1.82, 2.24) is 4.98 Å². The molecule has 1 aromatic heterocycles. The lowest BCUT2D eigenvalue weighted by Crippen LogP contribution is -2.04. The second kappa shape index (κ2) is 4.40. The third-order valence-corrected chi connectivity index (χ3v) is 2.86. The molecular formula is C11H8FNO2S. The summed E-state index contributed by atoms with van der Waals surface area (Å²) in [5.41, 5.74) is 0.391. The minimum atomic E-state index is -0.565. The Balaban J connectivity index is 2.62. The standard InChI is InChI=1S/C11H8FNO2S/c1-15-11(14)7-3-2-4-8(12)9(7)10-13-5-6-16-10/h2-6H,1H3. The van der Waals surface area contributed by atoms with E-state index in [1.807, 2.05) is 0 Å². The summed E-state index contributed by atoms with van der Waals surface area (Å²) in [5.74, 6) is -1.04. The molecule has 0 atom stereocenters. The molecule has 0 fully saturated rings. The van der Waals surface area contributed by atoms with E-state index in [9.17, 15) is 9.18 Å². The summed E-state index contributed by atoms with van der Waals surface area (Å²) >= 11 is 1.27. The number of ether oxygens (including phenoxy) is 1. The van der Waals surface area contributed by atoms with Crippen LogP contribution in [0.5, 0.6) is 0 Å². The van der Waals surface area contributed by atoms with E-state index in [2.05, 4.69) is 9.72 Å². The van der Waals surface area contributed by atoms with E-state index in [0.29, 0.717) is 5.01 Å². The number of carbonyl (C=O) groups excluding carboxylic acids is 1. The van der Waals surface area contributed by atoms with E-state index in [-0.39, 0.29) is 11.1 Å². The molecule has 2 rings (SSSR count). The van der Waals surface area contributed by atoms with Gasteiger partial charge in [-0.15, -0.1) is 11.3 Å². The van der Waals surface area contributed by atoms with Crippen molar-refractivity contribution in [3.63, 3.8) is 0 Å². The number of esters is 1. The van der Waals surface area contributed by atoms with E-state index in [1.54, 1.807) is 11.6 Å². The molecule has 0 spiro atoms. The normalized spacial score (nSPS) is 10.1. The summed E-state index contributed by atoms with van der Waals surface area (Å²) < 4.78 is 18.3. The summed E-state index contributed by atoms with van der Waals surface area (Å²) in [6, 6.07) is 4.29. The van der Waals surface area contributed by atoms with Gasteiger partial charge in [0.1, 0.15) is 10.8 Å². The van der Waals surface area contributed by atoms with Crippen LogP contribution in [0.15, 0.2) is 29.8 Å². The van der Waals surface area contributed by atoms with Crippen LogP contribution in [0.2, 0.25) is 0 Å². The van der Waals surface area contributed by atoms with Crippen LogP contribution in [-0.2, 0) is 4.74 Å². The number of aromatic nitrogens is 1. The maximum Gasteiger partial charge on any atom is 0.338 e. The first-order chi connectivity index (χ1) is 7.74. The Morgan fingerprint density at radius 3 is 2.94 bits per heavy atom. The van der Waals surface area contributed by atoms with E-state index in [0.717, 1.165) is 0 Å². The largest absolute Gasteiger partial charge is 0.465 e. The van der Waals surface area contributed by atoms with E-state index in [4.69, 9.17) is 0 Å². The lowest BCUT2D eigenvalue weighted by molar-refractivity contribution is 0.0601. The van der Waals surface area contributed by atoms with Gasteiger partial charge in [-0.25, -0.2) is 14.2 Å². The summed E-state index contributed by atoms with van der Waals surface area (Å²) in [6.07, 6.45) is 1.56. The second-order valence-electron chi connectivity index (χ2n) is 2.99. The lowest BCUT2D eigenvalue weighted by Gasteiger charge is -2.05. The highest BCUT2D eigenvalue weighted by Crippen LogP contribution is 2.28. The highest BCUT2D eigenvalue weighted by atomic mass is 32.1. The van der Waals surface area contributed by atoms with Crippen molar-refractivity contribution in [3.8, 4) is 10.6 Å². The molecule has 0 bridgehead atoms. The van der Waals surface area contributed by atoms with Gasteiger partial charge in [-0.3, -0.25) is 0 Å². The predicted octanol–water partition coefficient (Wildman–Crippen LogP) is 2.74. The minimum absolute atomic E-state index is 0.192. The molecule has 1 heterocycles. The van der Waals surface area contributed by atoms with Crippen molar-refractivity contribution >= 4 is 17.3 Å². The molecule has 82 valence electrons. The molecule has 16 heavy (non-hydrogen) atoms. The van der Waals surface area contributed by atoms with Crippen molar-refractivity contribution in [2.75, 3.05) is 7.11 Å². The fraction of sp³-hybridized carbons (Fsp3) is 0.0909. The first-order valence-corrected chi connectivity index (χ1v) is 5.38. The third kappa shape index (κ3) is 1.81. The number of hydrogen-bond donors (Lipinski definition) is 0. The Morgan fingerprint density at radius 1 is 1.50 bits per heavy atom. The first-order valence-electron chi connectivity index (χ1n) is 4.50. The van der Waals surface area contributed by atoms with Crippen molar-refractivity contribution < 1.29 is 13.9 Å². The average molecular weight is 237 g/mol. The highest BCUT2D eigenvalue weighted by molar-refractivity contribution is 7.13. The monoisotopic (exact) mass is 237 g/mol. The highest BCUT2D eigenvalue weighted by Gasteiger charge is 2.18. The van der Waals surface area contributed by atoms with Gasteiger partial charge in [0.25, 0.3) is 0 Å². The molecule has 5 heteroatoms. The number of methoxy groups -OCH3 is 1. The van der Waals surface area contributed by atoms with E-state index in [1.165, 1.54) is 36.6 Å². The third-order valence-electron chi connectivity index (χ3n) is 2.07. The molecule has 0 aliphatic carbocycles. The molecule has 0 aliphatic rings. The maximum atomic E-state index is 13.7. The van der Waals surface area contributed by atoms with Gasteiger partial charge in [0.05, 0.1) is 18.2 Å². The molecule has 0 aliphatic heterocycles. The molecular weight excluding hydrogens is 229 g/mol. The Kier molecular flexibility index (Phi) is 2.96. The van der Waals surface area contributed by atoms with Crippen LogP contribution in [0, 0.1) is 5.82 Å². The Morgan fingerprint density at radius 2 is 2.31 bits per heavy atom. The molecule has 2 aromatic rings. The molecule has 0 N–H and O–H groups in total. The number of rotatable bonds is 2. The van der Waals surface area contributed by atoms with Crippen LogP contribution in [0.1, 0.15) is 10.4 Å². The van der Waals surface area contributed by atoms with Crippen LogP contribution in [0.4, 0.5) is 4.39 Å². The summed E-state index contributed by atoms with van der Waals surface area (Å²) in [5, 5.41) is 2.20. The predicted molar refractivity (Wildman–Crippen MR) is 58.8 cm³/mol. The molecule has 0 amide bonds. The number of hydrogen-bond acceptors (Lipinski definition) is 4. The summed E-state index contributed by atoms with van der Waals surface area (Å²) in [7, 11) is 1.26. The first kappa shape index (κ1) is 10.8. The van der Waals surface area contributed by atoms with Crippen molar-refractivity contribution in [2.24, 2.45) is 0 Å². The van der Waals surface area contributed by atoms with Crippen LogP contribution in [0.3, 0.4) is 0 Å². The Labute approximate surface area is 95.5 Å². The fourth-order valence-electron chi connectivity index (χ4n) is 1.37. The Bertz CT molecular complexity index is 511. The van der Waals surface area contributed by atoms with Gasteiger partial charge >= 0.3 is 5.97 Å². The van der Waals surface area contributed by atoms with Crippen LogP contribution >= 0.6 is 11.3 Å². The van der Waals surface area contributed by atoms with E-state index < -0.39 is 11.8 Å². The van der Waals surface area contributed by atoms with Gasteiger partial charge in [-0.05, 0) is 12.1 Å². The molecule has 0 radical (unpaired) electrons. The van der Waals surface area contributed by atoms with Gasteiger partial charge in [0.2, 0.25) is 0 Å². The van der Waals surface area contributed by atoms with Gasteiger partial charge < -0.3 is 4.74 Å². The fourth-order valence-corrected chi connectivity index (χ4v) is 2.07. The molecule has 0 saturated heterocycles. The molecule has 1 aromatic carbocycles. The second-order valence-corrected chi connectivity index (χ2v) is 3.89. The lowest BCUT2D eigenvalue weighted by atomic mass is 10.1. The average Bonchev–Trinajstić information content (AvgIpc) is 2.81. The number of benzene rings is 1. The number of carbonyl (C=O) groups is 1. The van der Waals surface area contributed by atoms with Gasteiger partial charge in [-0.2, -0.15) is 0 Å². The van der Waals surface area contributed by atoms with Crippen LogP contribution < -0.4 is 0 Å². The maximum absolute atomic E-state index is 13.7. The molecule has 0 unspecified atom stereocenters.